The maximum Gasteiger partial charge on any atom is 0.245 e. The summed E-state index contributed by atoms with van der Waals surface area (Å²) in [5, 5.41) is 5.05. The van der Waals surface area contributed by atoms with Gasteiger partial charge in [-0.25, -0.2) is 0 Å². The Hall–Kier alpha value is -1.99. The van der Waals surface area contributed by atoms with Crippen molar-refractivity contribution in [1.82, 2.24) is 19.7 Å². The van der Waals surface area contributed by atoms with Gasteiger partial charge in [0.2, 0.25) is 5.91 Å². The van der Waals surface area contributed by atoms with Crippen molar-refractivity contribution in [3.63, 3.8) is 0 Å². The lowest BCUT2D eigenvalue weighted by Gasteiger charge is -2.27. The second kappa shape index (κ2) is 7.27. The number of carbonyl (C=O) groups is 3. The number of hydrogen-bond donors (Lipinski definition) is 0. The van der Waals surface area contributed by atoms with Gasteiger partial charge in [0.05, 0.1) is 17.8 Å². The van der Waals surface area contributed by atoms with Crippen molar-refractivity contribution in [2.45, 2.75) is 62.5 Å². The SMILES string of the molecule is CC(=O)c1nn(CC(=O)N2[C@@H]3C[C@@H]3C[C@H]2C(=O)C[C@H](C)[C@H]2CC2(Cl)Cl)c2cnccc12. The van der Waals surface area contributed by atoms with Crippen LogP contribution in [0.4, 0.5) is 0 Å². The largest absolute Gasteiger partial charge is 0.328 e. The minimum atomic E-state index is -0.712. The number of hydrogen-bond acceptors (Lipinski definition) is 5. The average molecular weight is 463 g/mol. The van der Waals surface area contributed by atoms with Crippen LogP contribution in [0, 0.1) is 17.8 Å². The number of amides is 1. The zero-order chi connectivity index (χ0) is 22.1. The van der Waals surface area contributed by atoms with E-state index in [0.29, 0.717) is 35.4 Å². The highest BCUT2D eigenvalue weighted by molar-refractivity contribution is 6.50. The molecule has 0 N–H and O–H groups in total. The van der Waals surface area contributed by atoms with E-state index in [0.717, 1.165) is 12.8 Å². The first-order valence-electron chi connectivity index (χ1n) is 10.7. The van der Waals surface area contributed by atoms with Crippen LogP contribution in [0.3, 0.4) is 0 Å². The van der Waals surface area contributed by atoms with Gasteiger partial charge in [-0.05, 0) is 43.1 Å². The summed E-state index contributed by atoms with van der Waals surface area (Å²) in [5.74, 6) is 0.402. The quantitative estimate of drug-likeness (QED) is 0.464. The number of ketones is 2. The molecule has 0 radical (unpaired) electrons. The molecule has 2 aliphatic carbocycles. The van der Waals surface area contributed by atoms with E-state index in [-0.39, 0.29) is 41.9 Å². The fraction of sp³-hybridized carbons (Fsp3) is 0.591. The Morgan fingerprint density at radius 2 is 2.03 bits per heavy atom. The van der Waals surface area contributed by atoms with E-state index >= 15 is 0 Å². The summed E-state index contributed by atoms with van der Waals surface area (Å²) >= 11 is 12.3. The van der Waals surface area contributed by atoms with Gasteiger partial charge in [-0.1, -0.05) is 6.92 Å². The molecule has 2 saturated carbocycles. The number of aromatic nitrogens is 3. The summed E-state index contributed by atoms with van der Waals surface area (Å²) in [6.07, 6.45) is 5.96. The molecule has 5 atom stereocenters. The van der Waals surface area contributed by atoms with Crippen LogP contribution in [-0.4, -0.2) is 53.6 Å². The van der Waals surface area contributed by atoms with Gasteiger partial charge in [0.1, 0.15) is 16.6 Å². The number of Topliss-reactive ketones (excluding diaryl/α,β-unsaturated/α-hetero) is 2. The Morgan fingerprint density at radius 3 is 2.71 bits per heavy atom. The number of piperidine rings is 1. The summed E-state index contributed by atoms with van der Waals surface area (Å²) < 4.78 is 0.817. The second-order valence-electron chi connectivity index (χ2n) is 9.29. The molecule has 9 heteroatoms. The van der Waals surface area contributed by atoms with E-state index in [4.69, 9.17) is 23.2 Å². The van der Waals surface area contributed by atoms with E-state index < -0.39 is 10.4 Å². The summed E-state index contributed by atoms with van der Waals surface area (Å²) in [4.78, 5) is 44.2. The van der Waals surface area contributed by atoms with E-state index in [9.17, 15) is 14.4 Å². The zero-order valence-electron chi connectivity index (χ0n) is 17.4. The molecule has 1 aliphatic heterocycles. The fourth-order valence-corrected chi connectivity index (χ4v) is 5.92. The second-order valence-corrected chi connectivity index (χ2v) is 10.8. The molecule has 31 heavy (non-hydrogen) atoms. The maximum atomic E-state index is 13.3. The third-order valence-electron chi connectivity index (χ3n) is 7.02. The van der Waals surface area contributed by atoms with Gasteiger partial charge < -0.3 is 4.90 Å². The molecule has 164 valence electrons. The van der Waals surface area contributed by atoms with Crippen molar-refractivity contribution in [1.29, 1.82) is 0 Å². The first-order chi connectivity index (χ1) is 14.7. The highest BCUT2D eigenvalue weighted by atomic mass is 35.5. The van der Waals surface area contributed by atoms with Crippen molar-refractivity contribution in [2.24, 2.45) is 17.8 Å². The smallest absolute Gasteiger partial charge is 0.245 e. The Balaban J connectivity index is 1.33. The van der Waals surface area contributed by atoms with Gasteiger partial charge in [-0.15, -0.1) is 23.2 Å². The molecule has 2 aromatic rings. The van der Waals surface area contributed by atoms with Crippen molar-refractivity contribution in [2.75, 3.05) is 0 Å². The molecule has 0 unspecified atom stereocenters. The summed E-state index contributed by atoms with van der Waals surface area (Å²) in [6, 6.07) is 1.46. The molecule has 0 aromatic carbocycles. The first kappa shape index (κ1) is 20.9. The van der Waals surface area contributed by atoms with Crippen LogP contribution in [0.5, 0.6) is 0 Å². The highest BCUT2D eigenvalue weighted by Gasteiger charge is 2.57. The van der Waals surface area contributed by atoms with Crippen molar-refractivity contribution < 1.29 is 14.4 Å². The summed E-state index contributed by atoms with van der Waals surface area (Å²) in [7, 11) is 0. The molecule has 5 rings (SSSR count). The lowest BCUT2D eigenvalue weighted by atomic mass is 9.94. The van der Waals surface area contributed by atoms with Crippen LogP contribution in [0.1, 0.15) is 50.0 Å². The zero-order valence-corrected chi connectivity index (χ0v) is 18.9. The van der Waals surface area contributed by atoms with E-state index in [2.05, 4.69) is 10.1 Å². The molecule has 0 spiro atoms. The van der Waals surface area contributed by atoms with Gasteiger partial charge in [-0.2, -0.15) is 5.10 Å². The van der Waals surface area contributed by atoms with E-state index in [1.54, 1.807) is 23.4 Å². The summed E-state index contributed by atoms with van der Waals surface area (Å²) in [5.41, 5.74) is 0.964. The van der Waals surface area contributed by atoms with E-state index in [1.807, 2.05) is 6.92 Å². The molecule has 7 nitrogen and oxygen atoms in total. The number of nitrogens with zero attached hydrogens (tertiary/aromatic N) is 4. The molecule has 1 saturated heterocycles. The van der Waals surface area contributed by atoms with Crippen LogP contribution in [0.25, 0.3) is 10.9 Å². The van der Waals surface area contributed by atoms with Crippen LogP contribution in [0.2, 0.25) is 0 Å². The molecule has 1 amide bonds. The molecular formula is C22H24Cl2N4O3. The standard InChI is InChI=1S/C22H24Cl2N4O3/c1-11(15-8-22(15,23)24)5-19(30)17-7-13-6-16(13)28(17)20(31)10-27-18-9-25-4-3-14(18)21(26-27)12(2)29/h3-4,9,11,13,15-17H,5-8,10H2,1-2H3/t11-,13+,15+,16+,17-/m0/s1. The van der Waals surface area contributed by atoms with Gasteiger partial charge >= 0.3 is 0 Å². The lowest BCUT2D eigenvalue weighted by molar-refractivity contribution is -0.139. The fourth-order valence-electron chi connectivity index (χ4n) is 5.16. The Labute approximate surface area is 190 Å². The van der Waals surface area contributed by atoms with Gasteiger partial charge in [0.25, 0.3) is 0 Å². The van der Waals surface area contributed by atoms with Crippen LogP contribution in [0.15, 0.2) is 18.5 Å². The molecule has 2 aromatic heterocycles. The predicted octanol–water partition coefficient (Wildman–Crippen LogP) is 3.41. The molecule has 3 aliphatic rings. The van der Waals surface area contributed by atoms with Gasteiger partial charge in [-0.3, -0.25) is 24.0 Å². The molecule has 3 heterocycles. The third-order valence-corrected chi connectivity index (χ3v) is 7.89. The number of pyridine rings is 1. The Kier molecular flexibility index (Phi) is 4.90. The number of fused-ring (bicyclic) bond motifs is 2. The third kappa shape index (κ3) is 3.65. The highest BCUT2D eigenvalue weighted by Crippen LogP contribution is 2.58. The Morgan fingerprint density at radius 1 is 1.29 bits per heavy atom. The number of carbonyl (C=O) groups excluding carboxylic acids is 3. The molecule has 3 fully saturated rings. The van der Waals surface area contributed by atoms with Crippen LogP contribution >= 0.6 is 23.2 Å². The number of likely N-dealkylation sites (tertiary alicyclic amines) is 1. The van der Waals surface area contributed by atoms with Crippen molar-refractivity contribution in [3.8, 4) is 0 Å². The number of alkyl halides is 2. The number of halogens is 2. The van der Waals surface area contributed by atoms with Crippen molar-refractivity contribution in [3.05, 3.63) is 24.2 Å². The minimum absolute atomic E-state index is 0.0207. The normalized spacial score (nSPS) is 29.0. The number of rotatable bonds is 7. The first-order valence-corrected chi connectivity index (χ1v) is 11.5. The van der Waals surface area contributed by atoms with Gasteiger partial charge in [0, 0.05) is 31.0 Å². The van der Waals surface area contributed by atoms with Crippen LogP contribution in [-0.2, 0) is 16.1 Å². The van der Waals surface area contributed by atoms with Crippen molar-refractivity contribution >= 4 is 51.6 Å². The monoisotopic (exact) mass is 462 g/mol. The maximum absolute atomic E-state index is 13.3. The predicted molar refractivity (Wildman–Crippen MR) is 116 cm³/mol. The summed E-state index contributed by atoms with van der Waals surface area (Å²) in [6.45, 7) is 3.44. The molecule has 0 bridgehead atoms. The van der Waals surface area contributed by atoms with Crippen LogP contribution < -0.4 is 0 Å². The molecular weight excluding hydrogens is 439 g/mol. The van der Waals surface area contributed by atoms with E-state index in [1.165, 1.54) is 11.6 Å². The lowest BCUT2D eigenvalue weighted by Crippen LogP contribution is -2.45. The van der Waals surface area contributed by atoms with Gasteiger partial charge in [0.15, 0.2) is 11.6 Å². The minimum Gasteiger partial charge on any atom is -0.328 e. The Bertz CT molecular complexity index is 1100. The average Bonchev–Trinajstić information content (AvgIpc) is 3.52. The topological polar surface area (TPSA) is 85.2 Å².